The number of benzene rings is 1. The highest BCUT2D eigenvalue weighted by atomic mass is 35.5. The number of hydrogen-bond acceptors (Lipinski definition) is 4. The monoisotopic (exact) mass is 271 g/mol. The molecule has 0 amide bonds. The molecule has 0 aliphatic carbocycles. The Balaban J connectivity index is 1.80. The smallest absolute Gasteiger partial charge is 0.206 e. The zero-order valence-electron chi connectivity index (χ0n) is 9.94. The van der Waals surface area contributed by atoms with Crippen LogP contribution < -0.4 is 0 Å². The van der Waals surface area contributed by atoms with Crippen LogP contribution >= 0.6 is 11.6 Å². The van der Waals surface area contributed by atoms with Crippen molar-refractivity contribution in [3.05, 3.63) is 59.4 Å². The molecule has 0 saturated carbocycles. The van der Waals surface area contributed by atoms with Crippen molar-refractivity contribution in [1.82, 2.24) is 25.2 Å². The van der Waals surface area contributed by atoms with Crippen LogP contribution in [0.25, 0.3) is 11.4 Å². The van der Waals surface area contributed by atoms with E-state index in [1.807, 2.05) is 36.4 Å². The summed E-state index contributed by atoms with van der Waals surface area (Å²) in [4.78, 5) is 5.58. The molecule has 0 atom stereocenters. The van der Waals surface area contributed by atoms with Crippen LogP contribution in [-0.2, 0) is 6.54 Å². The van der Waals surface area contributed by atoms with Crippen molar-refractivity contribution in [3.8, 4) is 11.4 Å². The van der Waals surface area contributed by atoms with Gasteiger partial charge < -0.3 is 0 Å². The summed E-state index contributed by atoms with van der Waals surface area (Å²) in [5.74, 6) is 0.571. The Labute approximate surface area is 114 Å². The highest BCUT2D eigenvalue weighted by Crippen LogP contribution is 2.12. The number of hydrogen-bond donors (Lipinski definition) is 0. The zero-order valence-corrected chi connectivity index (χ0v) is 10.7. The Morgan fingerprint density at radius 3 is 2.68 bits per heavy atom. The van der Waals surface area contributed by atoms with E-state index in [0.717, 1.165) is 11.1 Å². The van der Waals surface area contributed by atoms with E-state index in [2.05, 4.69) is 20.4 Å². The van der Waals surface area contributed by atoms with E-state index in [0.29, 0.717) is 17.4 Å². The Morgan fingerprint density at radius 2 is 1.95 bits per heavy atom. The van der Waals surface area contributed by atoms with Crippen molar-refractivity contribution >= 4 is 11.6 Å². The van der Waals surface area contributed by atoms with Crippen molar-refractivity contribution in [1.29, 1.82) is 0 Å². The van der Waals surface area contributed by atoms with Gasteiger partial charge in [-0.15, -0.1) is 10.2 Å². The van der Waals surface area contributed by atoms with Gasteiger partial charge in [0.1, 0.15) is 0 Å². The minimum Gasteiger partial charge on any atom is -0.264 e. The number of tetrazole rings is 1. The molecule has 3 aromatic rings. The highest BCUT2D eigenvalue weighted by Gasteiger charge is 2.05. The molecule has 0 unspecified atom stereocenters. The third-order valence-electron chi connectivity index (χ3n) is 2.61. The maximum atomic E-state index is 5.84. The van der Waals surface area contributed by atoms with Gasteiger partial charge in [-0.25, -0.2) is 0 Å². The molecule has 1 aromatic carbocycles. The van der Waals surface area contributed by atoms with Crippen LogP contribution in [0.1, 0.15) is 5.56 Å². The van der Waals surface area contributed by atoms with Crippen molar-refractivity contribution < 1.29 is 0 Å². The molecule has 0 radical (unpaired) electrons. The molecule has 6 heteroatoms. The average molecular weight is 272 g/mol. The fourth-order valence-electron chi connectivity index (χ4n) is 1.67. The Kier molecular flexibility index (Phi) is 3.20. The fourth-order valence-corrected chi connectivity index (χ4v) is 1.80. The van der Waals surface area contributed by atoms with Crippen molar-refractivity contribution in [2.45, 2.75) is 6.54 Å². The first kappa shape index (κ1) is 11.8. The lowest BCUT2D eigenvalue weighted by Gasteiger charge is -1.99. The standard InChI is InChI=1S/C13H10ClN5/c14-12-5-3-10(4-6-12)9-19-17-13(16-18-19)11-2-1-7-15-8-11/h1-8H,9H2. The molecule has 3 rings (SSSR count). The van der Waals surface area contributed by atoms with E-state index in [4.69, 9.17) is 11.6 Å². The SMILES string of the molecule is Clc1ccc(Cn2nnc(-c3cccnc3)n2)cc1. The van der Waals surface area contributed by atoms with Crippen molar-refractivity contribution in [2.75, 3.05) is 0 Å². The van der Waals surface area contributed by atoms with Gasteiger partial charge in [-0.3, -0.25) is 4.98 Å². The van der Waals surface area contributed by atoms with E-state index >= 15 is 0 Å². The number of pyridine rings is 1. The molecule has 19 heavy (non-hydrogen) atoms. The normalized spacial score (nSPS) is 10.6. The first-order chi connectivity index (χ1) is 9.31. The number of rotatable bonds is 3. The lowest BCUT2D eigenvalue weighted by atomic mass is 10.2. The van der Waals surface area contributed by atoms with Crippen molar-refractivity contribution in [3.63, 3.8) is 0 Å². The largest absolute Gasteiger partial charge is 0.264 e. The topological polar surface area (TPSA) is 56.5 Å². The quantitative estimate of drug-likeness (QED) is 0.734. The first-order valence-electron chi connectivity index (χ1n) is 5.74. The van der Waals surface area contributed by atoms with Gasteiger partial charge in [0.25, 0.3) is 0 Å². The van der Waals surface area contributed by atoms with Crippen LogP contribution in [0.3, 0.4) is 0 Å². The van der Waals surface area contributed by atoms with Crippen LogP contribution in [0.5, 0.6) is 0 Å². The summed E-state index contributed by atoms with van der Waals surface area (Å²) in [6.07, 6.45) is 3.42. The fraction of sp³-hybridized carbons (Fsp3) is 0.0769. The minimum absolute atomic E-state index is 0.560. The molecule has 5 nitrogen and oxygen atoms in total. The molecular formula is C13H10ClN5. The molecule has 0 N–H and O–H groups in total. The summed E-state index contributed by atoms with van der Waals surface area (Å²) in [6, 6.07) is 11.3. The molecule has 0 saturated heterocycles. The van der Waals surface area contributed by atoms with Gasteiger partial charge in [0.15, 0.2) is 0 Å². The summed E-state index contributed by atoms with van der Waals surface area (Å²) in [6.45, 7) is 0.560. The molecule has 2 heterocycles. The van der Waals surface area contributed by atoms with Crippen LogP contribution in [0.4, 0.5) is 0 Å². The minimum atomic E-state index is 0.560. The summed E-state index contributed by atoms with van der Waals surface area (Å²) in [7, 11) is 0. The lowest BCUT2D eigenvalue weighted by Crippen LogP contribution is -2.03. The van der Waals surface area contributed by atoms with Gasteiger partial charge in [-0.05, 0) is 35.0 Å². The first-order valence-corrected chi connectivity index (χ1v) is 6.12. The lowest BCUT2D eigenvalue weighted by molar-refractivity contribution is 0.573. The Hall–Kier alpha value is -2.27. The van der Waals surface area contributed by atoms with Crippen LogP contribution in [0, 0.1) is 0 Å². The summed E-state index contributed by atoms with van der Waals surface area (Å²) < 4.78 is 0. The van der Waals surface area contributed by atoms with Crippen LogP contribution in [-0.4, -0.2) is 25.2 Å². The summed E-state index contributed by atoms with van der Waals surface area (Å²) in [5.41, 5.74) is 1.92. The van der Waals surface area contributed by atoms with Gasteiger partial charge in [-0.1, -0.05) is 23.7 Å². The van der Waals surface area contributed by atoms with E-state index in [-0.39, 0.29) is 0 Å². The predicted octanol–water partition coefficient (Wildman–Crippen LogP) is 2.44. The predicted molar refractivity (Wildman–Crippen MR) is 71.6 cm³/mol. The second-order valence-electron chi connectivity index (χ2n) is 4.01. The van der Waals surface area contributed by atoms with Crippen LogP contribution in [0.2, 0.25) is 5.02 Å². The summed E-state index contributed by atoms with van der Waals surface area (Å²) >= 11 is 5.84. The second-order valence-corrected chi connectivity index (χ2v) is 4.45. The third kappa shape index (κ3) is 2.77. The highest BCUT2D eigenvalue weighted by molar-refractivity contribution is 6.30. The third-order valence-corrected chi connectivity index (χ3v) is 2.86. The van der Waals surface area contributed by atoms with E-state index in [1.165, 1.54) is 0 Å². The molecule has 0 aliphatic heterocycles. The average Bonchev–Trinajstić information content (AvgIpc) is 2.91. The molecule has 0 bridgehead atoms. The van der Waals surface area contributed by atoms with Gasteiger partial charge in [0, 0.05) is 23.0 Å². The van der Waals surface area contributed by atoms with Gasteiger partial charge in [0.2, 0.25) is 5.82 Å². The number of halogens is 1. The molecule has 94 valence electrons. The van der Waals surface area contributed by atoms with Gasteiger partial charge in [-0.2, -0.15) is 4.80 Å². The number of nitrogens with zero attached hydrogens (tertiary/aromatic N) is 5. The molecular weight excluding hydrogens is 262 g/mol. The second kappa shape index (κ2) is 5.16. The maximum Gasteiger partial charge on any atom is 0.206 e. The van der Waals surface area contributed by atoms with Gasteiger partial charge in [0.05, 0.1) is 6.54 Å². The molecule has 0 spiro atoms. The Morgan fingerprint density at radius 1 is 1.11 bits per heavy atom. The molecule has 0 fully saturated rings. The maximum absolute atomic E-state index is 5.84. The Bertz CT molecular complexity index is 663. The van der Waals surface area contributed by atoms with E-state index < -0.39 is 0 Å². The van der Waals surface area contributed by atoms with E-state index in [9.17, 15) is 0 Å². The van der Waals surface area contributed by atoms with E-state index in [1.54, 1.807) is 17.2 Å². The molecule has 0 aliphatic rings. The van der Waals surface area contributed by atoms with Crippen LogP contribution in [0.15, 0.2) is 48.8 Å². The zero-order chi connectivity index (χ0) is 13.1. The number of aromatic nitrogens is 5. The van der Waals surface area contributed by atoms with Gasteiger partial charge >= 0.3 is 0 Å². The summed E-state index contributed by atoms with van der Waals surface area (Å²) in [5, 5.41) is 13.1. The molecule has 2 aromatic heterocycles. The van der Waals surface area contributed by atoms with Crippen molar-refractivity contribution in [2.24, 2.45) is 0 Å².